The van der Waals surface area contributed by atoms with Gasteiger partial charge in [-0.1, -0.05) is 28.1 Å². The van der Waals surface area contributed by atoms with E-state index in [1.807, 2.05) is 18.2 Å². The van der Waals surface area contributed by atoms with Crippen molar-refractivity contribution in [2.75, 3.05) is 13.1 Å². The van der Waals surface area contributed by atoms with Crippen LogP contribution in [-0.2, 0) is 6.54 Å². The van der Waals surface area contributed by atoms with Crippen LogP contribution in [0.2, 0.25) is 0 Å². The number of aliphatic hydroxyl groups excluding tert-OH is 1. The standard InChI is InChI=1S/C16H18BrNO2/c17-12-4-5-14-11(8-12)3-6-16(20)15(14)10-18-7-1-2-13(19)9-18/h3-6,8,13,19-20H,1-2,7,9-10H2/p+1/t13-/m0/s1. The van der Waals surface area contributed by atoms with Crippen LogP contribution in [0.15, 0.2) is 34.8 Å². The molecule has 0 radical (unpaired) electrons. The topological polar surface area (TPSA) is 44.9 Å². The summed E-state index contributed by atoms with van der Waals surface area (Å²) in [5.41, 5.74) is 0.985. The zero-order valence-electron chi connectivity index (χ0n) is 11.3. The number of hydrogen-bond acceptors (Lipinski definition) is 2. The number of halogens is 1. The summed E-state index contributed by atoms with van der Waals surface area (Å²) in [6.07, 6.45) is 1.75. The molecule has 3 rings (SSSR count). The second kappa shape index (κ2) is 5.72. The Morgan fingerprint density at radius 2 is 2.10 bits per heavy atom. The monoisotopic (exact) mass is 336 g/mol. The maximum Gasteiger partial charge on any atom is 0.125 e. The van der Waals surface area contributed by atoms with E-state index in [9.17, 15) is 10.2 Å². The summed E-state index contributed by atoms with van der Waals surface area (Å²) in [5.74, 6) is 0.354. The molecule has 1 unspecified atom stereocenters. The van der Waals surface area contributed by atoms with Gasteiger partial charge in [0.2, 0.25) is 0 Å². The fourth-order valence-electron chi connectivity index (χ4n) is 3.07. The first kappa shape index (κ1) is 13.9. The summed E-state index contributed by atoms with van der Waals surface area (Å²) in [6, 6.07) is 9.84. The molecule has 1 fully saturated rings. The van der Waals surface area contributed by atoms with Gasteiger partial charge in [0.15, 0.2) is 0 Å². The SMILES string of the molecule is Oc1ccc2cc(Br)ccc2c1C[NH+]1CCC[C@H](O)C1. The fraction of sp³-hybridized carbons (Fsp3) is 0.375. The molecule has 0 saturated carbocycles. The van der Waals surface area contributed by atoms with Crippen molar-refractivity contribution >= 4 is 26.7 Å². The first-order valence-electron chi connectivity index (χ1n) is 7.05. The number of nitrogens with one attached hydrogen (secondary N) is 1. The number of phenols is 1. The van der Waals surface area contributed by atoms with Gasteiger partial charge in [-0.2, -0.15) is 0 Å². The minimum atomic E-state index is -0.204. The van der Waals surface area contributed by atoms with Crippen molar-refractivity contribution in [1.82, 2.24) is 0 Å². The number of benzene rings is 2. The van der Waals surface area contributed by atoms with Gasteiger partial charge in [0.25, 0.3) is 0 Å². The third-order valence-corrected chi connectivity index (χ3v) is 4.58. The second-order valence-corrected chi connectivity index (χ2v) is 6.52. The van der Waals surface area contributed by atoms with Crippen molar-refractivity contribution < 1.29 is 15.1 Å². The quantitative estimate of drug-likeness (QED) is 0.783. The zero-order valence-corrected chi connectivity index (χ0v) is 12.9. The fourth-order valence-corrected chi connectivity index (χ4v) is 3.45. The number of fused-ring (bicyclic) bond motifs is 1. The Morgan fingerprint density at radius 1 is 1.25 bits per heavy atom. The second-order valence-electron chi connectivity index (χ2n) is 5.61. The molecule has 2 atom stereocenters. The van der Waals surface area contributed by atoms with Gasteiger partial charge < -0.3 is 15.1 Å². The van der Waals surface area contributed by atoms with Crippen LogP contribution >= 0.6 is 15.9 Å². The number of piperidine rings is 1. The lowest BCUT2D eigenvalue weighted by molar-refractivity contribution is -0.921. The summed E-state index contributed by atoms with van der Waals surface area (Å²) in [6.45, 7) is 2.59. The molecule has 1 aliphatic heterocycles. The molecule has 106 valence electrons. The molecule has 4 heteroatoms. The van der Waals surface area contributed by atoms with Gasteiger partial charge in [-0.15, -0.1) is 0 Å². The van der Waals surface area contributed by atoms with Crippen molar-refractivity contribution in [3.8, 4) is 5.75 Å². The Labute approximate surface area is 127 Å². The van der Waals surface area contributed by atoms with Crippen LogP contribution in [-0.4, -0.2) is 29.4 Å². The Kier molecular flexibility index (Phi) is 3.96. The van der Waals surface area contributed by atoms with E-state index in [0.717, 1.165) is 53.3 Å². The van der Waals surface area contributed by atoms with E-state index < -0.39 is 0 Å². The average molecular weight is 337 g/mol. The highest BCUT2D eigenvalue weighted by Crippen LogP contribution is 2.28. The van der Waals surface area contributed by atoms with Crippen LogP contribution in [0, 0.1) is 0 Å². The number of likely N-dealkylation sites (tertiary alicyclic amines) is 1. The van der Waals surface area contributed by atoms with Crippen LogP contribution in [0.4, 0.5) is 0 Å². The first-order valence-corrected chi connectivity index (χ1v) is 7.84. The van der Waals surface area contributed by atoms with Gasteiger partial charge in [-0.25, -0.2) is 0 Å². The van der Waals surface area contributed by atoms with E-state index >= 15 is 0 Å². The minimum absolute atomic E-state index is 0.204. The molecule has 0 aromatic heterocycles. The lowest BCUT2D eigenvalue weighted by Gasteiger charge is -2.27. The van der Waals surface area contributed by atoms with Gasteiger partial charge in [0.05, 0.1) is 12.1 Å². The molecule has 0 spiro atoms. The van der Waals surface area contributed by atoms with Crippen LogP contribution in [0.5, 0.6) is 5.75 Å². The number of phenolic OH excluding ortho intramolecular Hbond substituents is 1. The molecule has 0 aliphatic carbocycles. The molecule has 3 nitrogen and oxygen atoms in total. The van der Waals surface area contributed by atoms with Gasteiger partial charge in [-0.05, 0) is 41.8 Å². The number of quaternary nitrogens is 1. The summed E-state index contributed by atoms with van der Waals surface area (Å²) in [4.78, 5) is 1.34. The minimum Gasteiger partial charge on any atom is -0.507 e. The Bertz CT molecular complexity index is 629. The largest absolute Gasteiger partial charge is 0.507 e. The molecule has 0 bridgehead atoms. The van der Waals surface area contributed by atoms with E-state index in [2.05, 4.69) is 22.0 Å². The predicted molar refractivity (Wildman–Crippen MR) is 83.0 cm³/mol. The highest BCUT2D eigenvalue weighted by molar-refractivity contribution is 9.10. The lowest BCUT2D eigenvalue weighted by Crippen LogP contribution is -3.12. The molecule has 1 heterocycles. The van der Waals surface area contributed by atoms with Crippen molar-refractivity contribution in [2.24, 2.45) is 0 Å². The van der Waals surface area contributed by atoms with E-state index in [1.54, 1.807) is 6.07 Å². The van der Waals surface area contributed by atoms with Crippen LogP contribution < -0.4 is 4.90 Å². The van der Waals surface area contributed by atoms with Gasteiger partial charge >= 0.3 is 0 Å². The van der Waals surface area contributed by atoms with Gasteiger partial charge in [-0.3, -0.25) is 0 Å². The van der Waals surface area contributed by atoms with E-state index in [0.29, 0.717) is 5.75 Å². The molecule has 1 aliphatic rings. The molecule has 3 N–H and O–H groups in total. The molecule has 0 amide bonds. The Balaban J connectivity index is 1.95. The van der Waals surface area contributed by atoms with Gasteiger partial charge in [0, 0.05) is 4.47 Å². The van der Waals surface area contributed by atoms with E-state index in [-0.39, 0.29) is 6.10 Å². The molecular weight excluding hydrogens is 318 g/mol. The van der Waals surface area contributed by atoms with Crippen LogP contribution in [0.1, 0.15) is 18.4 Å². The molecule has 2 aromatic carbocycles. The van der Waals surface area contributed by atoms with Crippen molar-refractivity contribution in [3.05, 3.63) is 40.4 Å². The van der Waals surface area contributed by atoms with E-state index in [1.165, 1.54) is 4.90 Å². The maximum absolute atomic E-state index is 10.2. The first-order chi connectivity index (χ1) is 9.63. The summed E-state index contributed by atoms with van der Waals surface area (Å²) < 4.78 is 1.04. The molecule has 20 heavy (non-hydrogen) atoms. The summed E-state index contributed by atoms with van der Waals surface area (Å²) >= 11 is 3.48. The smallest absolute Gasteiger partial charge is 0.125 e. The van der Waals surface area contributed by atoms with Crippen LogP contribution in [0.3, 0.4) is 0 Å². The third-order valence-electron chi connectivity index (χ3n) is 4.09. The lowest BCUT2D eigenvalue weighted by atomic mass is 10.0. The molecule has 2 aromatic rings. The number of aliphatic hydroxyl groups is 1. The maximum atomic E-state index is 10.2. The Morgan fingerprint density at radius 3 is 2.90 bits per heavy atom. The summed E-state index contributed by atoms with van der Waals surface area (Å²) in [7, 11) is 0. The highest BCUT2D eigenvalue weighted by Gasteiger charge is 2.22. The Hall–Kier alpha value is -1.10. The number of hydrogen-bond donors (Lipinski definition) is 3. The van der Waals surface area contributed by atoms with Gasteiger partial charge in [0.1, 0.15) is 24.9 Å². The summed E-state index contributed by atoms with van der Waals surface area (Å²) in [5, 5.41) is 22.2. The molecule has 1 saturated heterocycles. The number of rotatable bonds is 2. The third kappa shape index (κ3) is 2.82. The predicted octanol–water partition coefficient (Wildman–Crippen LogP) is 1.85. The van der Waals surface area contributed by atoms with E-state index in [4.69, 9.17) is 0 Å². The van der Waals surface area contributed by atoms with Crippen molar-refractivity contribution in [2.45, 2.75) is 25.5 Å². The van der Waals surface area contributed by atoms with Crippen molar-refractivity contribution in [1.29, 1.82) is 0 Å². The highest BCUT2D eigenvalue weighted by atomic mass is 79.9. The number of aromatic hydroxyl groups is 1. The van der Waals surface area contributed by atoms with Crippen molar-refractivity contribution in [3.63, 3.8) is 0 Å². The zero-order chi connectivity index (χ0) is 14.1. The van der Waals surface area contributed by atoms with Crippen LogP contribution in [0.25, 0.3) is 10.8 Å². The normalized spacial score (nSPS) is 23.1. The molecular formula is C16H19BrNO2+. The average Bonchev–Trinajstić information content (AvgIpc) is 2.42.